The SMILES string of the molecule is CCn1cc(NC(=O)C2CC2)ccc1=O. The van der Waals surface area contributed by atoms with Gasteiger partial charge in [-0.3, -0.25) is 9.59 Å². The number of anilines is 1. The maximum Gasteiger partial charge on any atom is 0.250 e. The highest BCUT2D eigenvalue weighted by atomic mass is 16.2. The second-order valence-corrected chi connectivity index (χ2v) is 3.81. The molecule has 4 nitrogen and oxygen atoms in total. The first-order valence-corrected chi connectivity index (χ1v) is 5.22. The first-order chi connectivity index (χ1) is 7.20. The summed E-state index contributed by atoms with van der Waals surface area (Å²) < 4.78 is 1.57. The predicted octanol–water partition coefficient (Wildman–Crippen LogP) is 1.22. The molecular weight excluding hydrogens is 192 g/mol. The van der Waals surface area contributed by atoms with Crippen molar-refractivity contribution in [1.82, 2.24) is 4.57 Å². The molecule has 0 saturated heterocycles. The van der Waals surface area contributed by atoms with Gasteiger partial charge >= 0.3 is 0 Å². The molecule has 0 atom stereocenters. The average Bonchev–Trinajstić information content (AvgIpc) is 3.04. The van der Waals surface area contributed by atoms with Gasteiger partial charge in [0.2, 0.25) is 5.91 Å². The topological polar surface area (TPSA) is 51.1 Å². The van der Waals surface area contributed by atoms with E-state index in [0.717, 1.165) is 12.8 Å². The maximum absolute atomic E-state index is 11.5. The van der Waals surface area contributed by atoms with Crippen LogP contribution >= 0.6 is 0 Å². The van der Waals surface area contributed by atoms with Crippen LogP contribution in [0, 0.1) is 5.92 Å². The van der Waals surface area contributed by atoms with Crippen molar-refractivity contribution in [3.05, 3.63) is 28.7 Å². The Bertz CT molecular complexity index is 432. The van der Waals surface area contributed by atoms with Gasteiger partial charge in [-0.1, -0.05) is 0 Å². The molecule has 0 radical (unpaired) electrons. The molecule has 4 heteroatoms. The quantitative estimate of drug-likeness (QED) is 0.808. The molecule has 1 aliphatic rings. The summed E-state index contributed by atoms with van der Waals surface area (Å²) in [6.07, 6.45) is 3.65. The van der Waals surface area contributed by atoms with Crippen LogP contribution in [-0.2, 0) is 11.3 Å². The molecule has 1 amide bonds. The van der Waals surface area contributed by atoms with Crippen LogP contribution in [0.1, 0.15) is 19.8 Å². The minimum atomic E-state index is -0.0399. The van der Waals surface area contributed by atoms with Crippen molar-refractivity contribution >= 4 is 11.6 Å². The predicted molar refractivity (Wildman–Crippen MR) is 57.7 cm³/mol. The number of hydrogen-bond donors (Lipinski definition) is 1. The van der Waals surface area contributed by atoms with Crippen molar-refractivity contribution in [3.8, 4) is 0 Å². The van der Waals surface area contributed by atoms with E-state index in [1.165, 1.54) is 6.07 Å². The summed E-state index contributed by atoms with van der Waals surface area (Å²) in [5, 5.41) is 2.81. The molecule has 0 bridgehead atoms. The number of carbonyl (C=O) groups excluding carboxylic acids is 1. The summed E-state index contributed by atoms with van der Waals surface area (Å²) in [4.78, 5) is 22.7. The van der Waals surface area contributed by atoms with Crippen molar-refractivity contribution in [1.29, 1.82) is 0 Å². The van der Waals surface area contributed by atoms with Crippen LogP contribution in [0.25, 0.3) is 0 Å². The Hall–Kier alpha value is -1.58. The number of amides is 1. The van der Waals surface area contributed by atoms with Gasteiger partial charge in [-0.15, -0.1) is 0 Å². The lowest BCUT2D eigenvalue weighted by atomic mass is 10.3. The molecule has 1 aromatic rings. The molecule has 1 fully saturated rings. The van der Waals surface area contributed by atoms with E-state index in [9.17, 15) is 9.59 Å². The Morgan fingerprint density at radius 2 is 2.27 bits per heavy atom. The number of hydrogen-bond acceptors (Lipinski definition) is 2. The molecule has 1 aromatic heterocycles. The van der Waals surface area contributed by atoms with E-state index in [4.69, 9.17) is 0 Å². The van der Waals surface area contributed by atoms with Gasteiger partial charge in [0.1, 0.15) is 0 Å². The molecule has 1 saturated carbocycles. The Kier molecular flexibility index (Phi) is 2.58. The zero-order valence-corrected chi connectivity index (χ0v) is 8.69. The minimum absolute atomic E-state index is 0.0399. The summed E-state index contributed by atoms with van der Waals surface area (Å²) in [5.41, 5.74) is 0.662. The van der Waals surface area contributed by atoms with Crippen LogP contribution in [0.4, 0.5) is 5.69 Å². The van der Waals surface area contributed by atoms with Gasteiger partial charge in [-0.2, -0.15) is 0 Å². The van der Waals surface area contributed by atoms with Crippen molar-refractivity contribution < 1.29 is 4.79 Å². The normalized spacial score (nSPS) is 15.0. The number of carbonyl (C=O) groups is 1. The first-order valence-electron chi connectivity index (χ1n) is 5.22. The van der Waals surface area contributed by atoms with Gasteiger partial charge in [0.05, 0.1) is 5.69 Å². The third-order valence-corrected chi connectivity index (χ3v) is 2.54. The van der Waals surface area contributed by atoms with Crippen LogP contribution in [0.5, 0.6) is 0 Å². The van der Waals surface area contributed by atoms with E-state index in [2.05, 4.69) is 5.32 Å². The van der Waals surface area contributed by atoms with E-state index in [1.54, 1.807) is 16.8 Å². The lowest BCUT2D eigenvalue weighted by Crippen LogP contribution is -2.20. The van der Waals surface area contributed by atoms with Crippen molar-refractivity contribution in [2.45, 2.75) is 26.3 Å². The van der Waals surface area contributed by atoms with Gasteiger partial charge in [0.15, 0.2) is 0 Å². The second-order valence-electron chi connectivity index (χ2n) is 3.81. The Labute approximate surface area is 87.9 Å². The van der Waals surface area contributed by atoms with E-state index in [0.29, 0.717) is 12.2 Å². The summed E-state index contributed by atoms with van der Waals surface area (Å²) in [6, 6.07) is 3.13. The lowest BCUT2D eigenvalue weighted by molar-refractivity contribution is -0.117. The largest absolute Gasteiger partial charge is 0.325 e. The number of rotatable bonds is 3. The number of nitrogens with one attached hydrogen (secondary N) is 1. The molecule has 0 spiro atoms. The fourth-order valence-corrected chi connectivity index (χ4v) is 1.44. The van der Waals surface area contributed by atoms with Gasteiger partial charge in [-0.05, 0) is 25.8 Å². The summed E-state index contributed by atoms with van der Waals surface area (Å²) in [5.74, 6) is 0.253. The van der Waals surface area contributed by atoms with E-state index >= 15 is 0 Å². The van der Waals surface area contributed by atoms with Crippen molar-refractivity contribution in [2.75, 3.05) is 5.32 Å². The molecule has 15 heavy (non-hydrogen) atoms. The Morgan fingerprint density at radius 3 is 2.87 bits per heavy atom. The highest BCUT2D eigenvalue weighted by Crippen LogP contribution is 2.29. The third-order valence-electron chi connectivity index (χ3n) is 2.54. The standard InChI is InChI=1S/C11H14N2O2/c1-2-13-7-9(5-6-10(13)14)12-11(15)8-3-4-8/h5-8H,2-4H2,1H3,(H,12,15). The minimum Gasteiger partial charge on any atom is -0.325 e. The van der Waals surface area contributed by atoms with Crippen molar-refractivity contribution in [3.63, 3.8) is 0 Å². The van der Waals surface area contributed by atoms with E-state index < -0.39 is 0 Å². The highest BCUT2D eigenvalue weighted by Gasteiger charge is 2.29. The van der Waals surface area contributed by atoms with E-state index in [-0.39, 0.29) is 17.4 Å². The highest BCUT2D eigenvalue weighted by molar-refractivity contribution is 5.93. The molecule has 80 valence electrons. The van der Waals surface area contributed by atoms with Gasteiger partial charge < -0.3 is 9.88 Å². The van der Waals surface area contributed by atoms with Gasteiger partial charge in [0.25, 0.3) is 5.56 Å². The molecule has 2 rings (SSSR count). The summed E-state index contributed by atoms with van der Waals surface area (Å²) >= 11 is 0. The molecule has 1 heterocycles. The smallest absolute Gasteiger partial charge is 0.250 e. The Balaban J connectivity index is 2.14. The van der Waals surface area contributed by atoms with Crippen LogP contribution in [0.3, 0.4) is 0 Å². The summed E-state index contributed by atoms with van der Waals surface area (Å²) in [6.45, 7) is 2.51. The number of pyridine rings is 1. The number of aromatic nitrogens is 1. The molecule has 0 unspecified atom stereocenters. The van der Waals surface area contributed by atoms with Gasteiger partial charge in [0, 0.05) is 24.7 Å². The van der Waals surface area contributed by atoms with Crippen molar-refractivity contribution in [2.24, 2.45) is 5.92 Å². The average molecular weight is 206 g/mol. The van der Waals surface area contributed by atoms with Crippen LogP contribution in [-0.4, -0.2) is 10.5 Å². The molecular formula is C11H14N2O2. The maximum atomic E-state index is 11.5. The zero-order valence-electron chi connectivity index (χ0n) is 8.69. The fourth-order valence-electron chi connectivity index (χ4n) is 1.44. The first kappa shape index (κ1) is 9.96. The number of nitrogens with zero attached hydrogens (tertiary/aromatic N) is 1. The van der Waals surface area contributed by atoms with Crippen LogP contribution in [0.15, 0.2) is 23.1 Å². The molecule has 0 aliphatic heterocycles. The lowest BCUT2D eigenvalue weighted by Gasteiger charge is -2.06. The second kappa shape index (κ2) is 3.88. The summed E-state index contributed by atoms with van der Waals surface area (Å²) in [7, 11) is 0. The zero-order chi connectivity index (χ0) is 10.8. The van der Waals surface area contributed by atoms with Gasteiger partial charge in [-0.25, -0.2) is 0 Å². The Morgan fingerprint density at radius 1 is 1.53 bits per heavy atom. The molecule has 1 N–H and O–H groups in total. The molecule has 0 aromatic carbocycles. The van der Waals surface area contributed by atoms with Crippen LogP contribution < -0.4 is 10.9 Å². The van der Waals surface area contributed by atoms with Crippen LogP contribution in [0.2, 0.25) is 0 Å². The third kappa shape index (κ3) is 2.26. The van der Waals surface area contributed by atoms with E-state index in [1.807, 2.05) is 6.92 Å². The number of aryl methyl sites for hydroxylation is 1. The monoisotopic (exact) mass is 206 g/mol. The molecule has 1 aliphatic carbocycles. The fraction of sp³-hybridized carbons (Fsp3) is 0.455.